The number of hydrogen-bond acceptors (Lipinski definition) is 2. The molecule has 0 saturated carbocycles. The molecule has 0 amide bonds. The average Bonchev–Trinajstić information content (AvgIpc) is 2.54. The molecule has 3 aromatic rings. The second-order valence-corrected chi connectivity index (χ2v) is 5.05. The summed E-state index contributed by atoms with van der Waals surface area (Å²) < 4.78 is 2.84. The molecule has 4 nitrogen and oxygen atoms in total. The monoisotopic (exact) mass is 280 g/mol. The minimum absolute atomic E-state index is 0.218. The molecule has 2 aromatic carbocycles. The lowest BCUT2D eigenvalue weighted by molar-refractivity contribution is 0.605. The van der Waals surface area contributed by atoms with Crippen molar-refractivity contribution in [2.24, 2.45) is 7.05 Å². The normalized spacial score (nSPS) is 10.9. The van der Waals surface area contributed by atoms with Crippen LogP contribution in [0.4, 0.5) is 0 Å². The maximum atomic E-state index is 12.5. The second kappa shape index (κ2) is 5.40. The van der Waals surface area contributed by atoms with Crippen LogP contribution in [0.25, 0.3) is 10.9 Å². The average molecular weight is 280 g/mol. The molecule has 0 radical (unpaired) electrons. The predicted molar refractivity (Wildman–Crippen MR) is 83.6 cm³/mol. The van der Waals surface area contributed by atoms with E-state index >= 15 is 0 Å². The Labute approximate surface area is 121 Å². The largest absolute Gasteiger partial charge is 0.331 e. The fourth-order valence-corrected chi connectivity index (χ4v) is 2.55. The Kier molecular flexibility index (Phi) is 3.44. The molecule has 1 heterocycles. The number of fused-ring (bicyclic) bond motifs is 1. The molecule has 0 bridgehead atoms. The highest BCUT2D eigenvalue weighted by Crippen LogP contribution is 2.06. The molecule has 0 N–H and O–H groups in total. The van der Waals surface area contributed by atoms with Gasteiger partial charge in [0, 0.05) is 13.6 Å². The van der Waals surface area contributed by atoms with Crippen molar-refractivity contribution in [1.82, 2.24) is 9.13 Å². The molecular weight excluding hydrogens is 264 g/mol. The molecule has 0 aliphatic carbocycles. The van der Waals surface area contributed by atoms with Crippen molar-refractivity contribution in [1.29, 1.82) is 0 Å². The molecular formula is C17H16N2O2. The number of hydrogen-bond donors (Lipinski definition) is 0. The third-order valence-electron chi connectivity index (χ3n) is 3.73. The molecule has 0 atom stereocenters. The van der Waals surface area contributed by atoms with E-state index in [-0.39, 0.29) is 11.2 Å². The van der Waals surface area contributed by atoms with Gasteiger partial charge in [0.25, 0.3) is 5.56 Å². The zero-order chi connectivity index (χ0) is 14.8. The molecule has 1 aromatic heterocycles. The standard InChI is InChI=1S/C17H16N2O2/c1-18-15-10-6-5-9-14(15)16(20)19(17(18)21)12-11-13-7-3-2-4-8-13/h2-10H,11-12H2,1H3. The first-order valence-corrected chi connectivity index (χ1v) is 6.91. The van der Waals surface area contributed by atoms with E-state index in [0.29, 0.717) is 23.9 Å². The highest BCUT2D eigenvalue weighted by molar-refractivity contribution is 5.77. The Morgan fingerprint density at radius 1 is 0.905 bits per heavy atom. The quantitative estimate of drug-likeness (QED) is 0.736. The zero-order valence-electron chi connectivity index (χ0n) is 11.8. The maximum absolute atomic E-state index is 12.5. The van der Waals surface area contributed by atoms with E-state index in [9.17, 15) is 9.59 Å². The lowest BCUT2D eigenvalue weighted by Crippen LogP contribution is -2.39. The van der Waals surface area contributed by atoms with Gasteiger partial charge in [0.2, 0.25) is 0 Å². The number of nitrogens with zero attached hydrogens (tertiary/aromatic N) is 2. The van der Waals surface area contributed by atoms with Crippen molar-refractivity contribution in [3.63, 3.8) is 0 Å². The van der Waals surface area contributed by atoms with E-state index in [1.807, 2.05) is 42.5 Å². The third-order valence-corrected chi connectivity index (χ3v) is 3.73. The topological polar surface area (TPSA) is 44.0 Å². The second-order valence-electron chi connectivity index (χ2n) is 5.05. The Morgan fingerprint density at radius 2 is 1.57 bits per heavy atom. The summed E-state index contributed by atoms with van der Waals surface area (Å²) in [4.78, 5) is 24.8. The lowest BCUT2D eigenvalue weighted by atomic mass is 10.1. The van der Waals surface area contributed by atoms with E-state index in [1.54, 1.807) is 19.2 Å². The molecule has 21 heavy (non-hydrogen) atoms. The third kappa shape index (κ3) is 2.40. The molecule has 0 unspecified atom stereocenters. The Balaban J connectivity index is 2.07. The van der Waals surface area contributed by atoms with Gasteiger partial charge in [-0.05, 0) is 24.1 Å². The van der Waals surface area contributed by atoms with Crippen LogP contribution in [0.5, 0.6) is 0 Å². The van der Waals surface area contributed by atoms with Gasteiger partial charge in [-0.2, -0.15) is 0 Å². The molecule has 3 rings (SSSR count). The van der Waals surface area contributed by atoms with Crippen LogP contribution in [-0.4, -0.2) is 9.13 Å². The van der Waals surface area contributed by atoms with Gasteiger partial charge >= 0.3 is 5.69 Å². The molecule has 0 aliphatic rings. The summed E-state index contributed by atoms with van der Waals surface area (Å²) in [5, 5.41) is 0.577. The van der Waals surface area contributed by atoms with Crippen LogP contribution in [0, 0.1) is 0 Å². The van der Waals surface area contributed by atoms with Crippen LogP contribution < -0.4 is 11.2 Å². The molecule has 106 valence electrons. The van der Waals surface area contributed by atoms with E-state index in [4.69, 9.17) is 0 Å². The Morgan fingerprint density at radius 3 is 2.33 bits per heavy atom. The Hall–Kier alpha value is -2.62. The van der Waals surface area contributed by atoms with Crippen LogP contribution in [0.3, 0.4) is 0 Å². The van der Waals surface area contributed by atoms with Crippen LogP contribution in [0.15, 0.2) is 64.2 Å². The summed E-state index contributed by atoms with van der Waals surface area (Å²) in [5.41, 5.74) is 1.29. The van der Waals surface area contributed by atoms with E-state index < -0.39 is 0 Å². The van der Waals surface area contributed by atoms with E-state index in [1.165, 1.54) is 9.13 Å². The molecule has 0 saturated heterocycles. The first-order valence-electron chi connectivity index (χ1n) is 6.91. The summed E-state index contributed by atoms with van der Waals surface area (Å²) in [6.07, 6.45) is 0.661. The molecule has 4 heteroatoms. The maximum Gasteiger partial charge on any atom is 0.331 e. The highest BCUT2D eigenvalue weighted by Gasteiger charge is 2.10. The molecule has 0 spiro atoms. The fraction of sp³-hybridized carbons (Fsp3) is 0.176. The van der Waals surface area contributed by atoms with Crippen molar-refractivity contribution in [3.8, 4) is 0 Å². The predicted octanol–water partition coefficient (Wildman–Crippen LogP) is 1.94. The van der Waals surface area contributed by atoms with E-state index in [0.717, 1.165) is 5.56 Å². The van der Waals surface area contributed by atoms with Crippen LogP contribution in [0.1, 0.15) is 5.56 Å². The lowest BCUT2D eigenvalue weighted by Gasteiger charge is -2.10. The summed E-state index contributed by atoms with van der Waals surface area (Å²) in [6.45, 7) is 0.389. The minimum Gasteiger partial charge on any atom is -0.296 e. The summed E-state index contributed by atoms with van der Waals surface area (Å²) in [6, 6.07) is 17.0. The first kappa shape index (κ1) is 13.4. The van der Waals surface area contributed by atoms with Gasteiger partial charge in [-0.3, -0.25) is 13.9 Å². The van der Waals surface area contributed by atoms with Crippen molar-refractivity contribution in [3.05, 3.63) is 81.0 Å². The van der Waals surface area contributed by atoms with Crippen LogP contribution >= 0.6 is 0 Å². The summed E-state index contributed by atoms with van der Waals surface area (Å²) in [5.74, 6) is 0. The number of aryl methyl sites for hydroxylation is 2. The van der Waals surface area contributed by atoms with Gasteiger partial charge in [0.05, 0.1) is 10.9 Å². The van der Waals surface area contributed by atoms with Gasteiger partial charge in [-0.15, -0.1) is 0 Å². The molecule has 0 fully saturated rings. The first-order chi connectivity index (χ1) is 10.2. The van der Waals surface area contributed by atoms with Gasteiger partial charge in [-0.1, -0.05) is 42.5 Å². The minimum atomic E-state index is -0.269. The number of para-hydroxylation sites is 1. The number of aromatic nitrogens is 2. The highest BCUT2D eigenvalue weighted by atomic mass is 16.2. The summed E-state index contributed by atoms with van der Waals surface area (Å²) in [7, 11) is 1.70. The zero-order valence-corrected chi connectivity index (χ0v) is 11.8. The van der Waals surface area contributed by atoms with Crippen molar-refractivity contribution in [2.45, 2.75) is 13.0 Å². The van der Waals surface area contributed by atoms with Crippen molar-refractivity contribution in [2.75, 3.05) is 0 Å². The fourth-order valence-electron chi connectivity index (χ4n) is 2.55. The van der Waals surface area contributed by atoms with Gasteiger partial charge in [0.1, 0.15) is 0 Å². The van der Waals surface area contributed by atoms with Gasteiger partial charge in [-0.25, -0.2) is 4.79 Å². The number of benzene rings is 2. The van der Waals surface area contributed by atoms with Crippen molar-refractivity contribution < 1.29 is 0 Å². The van der Waals surface area contributed by atoms with Crippen molar-refractivity contribution >= 4 is 10.9 Å². The smallest absolute Gasteiger partial charge is 0.296 e. The SMILES string of the molecule is Cn1c(=O)n(CCc2ccccc2)c(=O)c2ccccc21. The van der Waals surface area contributed by atoms with Gasteiger partial charge < -0.3 is 0 Å². The van der Waals surface area contributed by atoms with E-state index in [2.05, 4.69) is 0 Å². The van der Waals surface area contributed by atoms with Crippen LogP contribution in [0.2, 0.25) is 0 Å². The van der Waals surface area contributed by atoms with Gasteiger partial charge in [0.15, 0.2) is 0 Å². The molecule has 0 aliphatic heterocycles. The summed E-state index contributed by atoms with van der Waals surface area (Å²) >= 11 is 0. The number of rotatable bonds is 3. The Bertz CT molecular complexity index is 892. The van der Waals surface area contributed by atoms with Crippen LogP contribution in [-0.2, 0) is 20.0 Å².